The molecule has 0 bridgehead atoms. The van der Waals surface area contributed by atoms with Crippen molar-refractivity contribution >= 4 is 17.5 Å². The standard InChI is InChI=1S/C11H16N2O3/c1-11(2,3)16-10(15)13-8-5-4-7(12)6-9(8)14/h4-6,14H,12H2,1-3H3,(H,13,15). The minimum Gasteiger partial charge on any atom is -0.506 e. The van der Waals surface area contributed by atoms with E-state index in [1.807, 2.05) is 0 Å². The summed E-state index contributed by atoms with van der Waals surface area (Å²) in [7, 11) is 0. The van der Waals surface area contributed by atoms with Gasteiger partial charge in [0.15, 0.2) is 0 Å². The molecule has 0 unspecified atom stereocenters. The van der Waals surface area contributed by atoms with Crippen LogP contribution in [0.3, 0.4) is 0 Å². The van der Waals surface area contributed by atoms with Gasteiger partial charge in [0.1, 0.15) is 11.4 Å². The van der Waals surface area contributed by atoms with E-state index < -0.39 is 11.7 Å². The molecule has 0 radical (unpaired) electrons. The van der Waals surface area contributed by atoms with Gasteiger partial charge in [0.05, 0.1) is 5.69 Å². The second kappa shape index (κ2) is 4.30. The minimum atomic E-state index is -0.618. The summed E-state index contributed by atoms with van der Waals surface area (Å²) in [6.07, 6.45) is -0.618. The fraction of sp³-hybridized carbons (Fsp3) is 0.364. The molecule has 0 aliphatic rings. The number of hydrogen-bond acceptors (Lipinski definition) is 4. The van der Waals surface area contributed by atoms with Crippen molar-refractivity contribution in [2.24, 2.45) is 0 Å². The van der Waals surface area contributed by atoms with Crippen LogP contribution in [0.4, 0.5) is 16.2 Å². The van der Waals surface area contributed by atoms with Gasteiger partial charge in [-0.3, -0.25) is 5.32 Å². The highest BCUT2D eigenvalue weighted by molar-refractivity contribution is 5.87. The van der Waals surface area contributed by atoms with E-state index in [1.165, 1.54) is 12.1 Å². The molecule has 0 spiro atoms. The lowest BCUT2D eigenvalue weighted by Crippen LogP contribution is -2.27. The molecular weight excluding hydrogens is 208 g/mol. The van der Waals surface area contributed by atoms with Crippen LogP contribution in [0, 0.1) is 0 Å². The number of carbonyl (C=O) groups excluding carboxylic acids is 1. The highest BCUT2D eigenvalue weighted by Gasteiger charge is 2.17. The average Bonchev–Trinajstić information content (AvgIpc) is 2.06. The number of benzene rings is 1. The second-order valence-corrected chi connectivity index (χ2v) is 4.40. The van der Waals surface area contributed by atoms with Gasteiger partial charge in [-0.15, -0.1) is 0 Å². The lowest BCUT2D eigenvalue weighted by Gasteiger charge is -2.19. The molecule has 1 amide bonds. The van der Waals surface area contributed by atoms with Crippen molar-refractivity contribution in [3.8, 4) is 5.75 Å². The topological polar surface area (TPSA) is 84.6 Å². The fourth-order valence-corrected chi connectivity index (χ4v) is 1.07. The minimum absolute atomic E-state index is 0.0918. The van der Waals surface area contributed by atoms with Gasteiger partial charge in [0.2, 0.25) is 0 Å². The highest BCUT2D eigenvalue weighted by atomic mass is 16.6. The third kappa shape index (κ3) is 3.68. The quantitative estimate of drug-likeness (QED) is 0.505. The Hall–Kier alpha value is -1.91. The summed E-state index contributed by atoms with van der Waals surface area (Å²) >= 11 is 0. The molecule has 1 aromatic rings. The van der Waals surface area contributed by atoms with Crippen molar-refractivity contribution in [1.29, 1.82) is 0 Å². The number of phenolic OH excluding ortho intramolecular Hbond substituents is 1. The zero-order valence-corrected chi connectivity index (χ0v) is 9.57. The number of nitrogen functional groups attached to an aromatic ring is 1. The number of phenols is 1. The molecule has 0 heterocycles. The van der Waals surface area contributed by atoms with Gasteiger partial charge < -0.3 is 15.6 Å². The van der Waals surface area contributed by atoms with Gasteiger partial charge >= 0.3 is 6.09 Å². The molecule has 16 heavy (non-hydrogen) atoms. The van der Waals surface area contributed by atoms with Gasteiger partial charge in [0.25, 0.3) is 0 Å². The Labute approximate surface area is 94.2 Å². The molecule has 0 aromatic heterocycles. The van der Waals surface area contributed by atoms with Crippen molar-refractivity contribution < 1.29 is 14.6 Å². The molecule has 0 fully saturated rings. The van der Waals surface area contributed by atoms with E-state index in [0.717, 1.165) is 0 Å². The van der Waals surface area contributed by atoms with Gasteiger partial charge in [-0.1, -0.05) is 0 Å². The second-order valence-electron chi connectivity index (χ2n) is 4.40. The van der Waals surface area contributed by atoms with Crippen LogP contribution in [0.5, 0.6) is 5.75 Å². The number of carbonyl (C=O) groups is 1. The molecule has 5 nitrogen and oxygen atoms in total. The average molecular weight is 224 g/mol. The van der Waals surface area contributed by atoms with E-state index in [-0.39, 0.29) is 11.4 Å². The Morgan fingerprint density at radius 3 is 2.56 bits per heavy atom. The Bertz CT molecular complexity index is 397. The number of rotatable bonds is 1. The van der Waals surface area contributed by atoms with Crippen LogP contribution in [0.2, 0.25) is 0 Å². The zero-order chi connectivity index (χ0) is 12.3. The van der Waals surface area contributed by atoms with E-state index in [1.54, 1.807) is 26.8 Å². The van der Waals surface area contributed by atoms with Crippen molar-refractivity contribution in [1.82, 2.24) is 0 Å². The molecule has 0 aliphatic carbocycles. The molecule has 5 heteroatoms. The van der Waals surface area contributed by atoms with E-state index >= 15 is 0 Å². The van der Waals surface area contributed by atoms with Crippen LogP contribution in [0.25, 0.3) is 0 Å². The van der Waals surface area contributed by atoms with Crippen molar-refractivity contribution in [2.45, 2.75) is 26.4 Å². The first kappa shape index (κ1) is 12.2. The van der Waals surface area contributed by atoms with Crippen LogP contribution in [0.1, 0.15) is 20.8 Å². The molecule has 0 aliphatic heterocycles. The Kier molecular flexibility index (Phi) is 3.27. The van der Waals surface area contributed by atoms with Crippen LogP contribution >= 0.6 is 0 Å². The summed E-state index contributed by atoms with van der Waals surface area (Å²) < 4.78 is 5.03. The number of aromatic hydroxyl groups is 1. The fourth-order valence-electron chi connectivity index (χ4n) is 1.07. The predicted octanol–water partition coefficient (Wildman–Crippen LogP) is 2.32. The molecule has 4 N–H and O–H groups in total. The number of nitrogens with one attached hydrogen (secondary N) is 1. The van der Waals surface area contributed by atoms with E-state index in [0.29, 0.717) is 5.69 Å². The Morgan fingerprint density at radius 1 is 1.44 bits per heavy atom. The molecule has 1 rings (SSSR count). The maximum atomic E-state index is 11.4. The molecular formula is C11H16N2O3. The number of amides is 1. The zero-order valence-electron chi connectivity index (χ0n) is 9.57. The number of nitrogens with two attached hydrogens (primary N) is 1. The monoisotopic (exact) mass is 224 g/mol. The lowest BCUT2D eigenvalue weighted by atomic mass is 10.2. The van der Waals surface area contributed by atoms with Crippen LogP contribution in [-0.2, 0) is 4.74 Å². The van der Waals surface area contributed by atoms with Gasteiger partial charge in [0, 0.05) is 11.8 Å². The summed E-state index contributed by atoms with van der Waals surface area (Å²) in [6, 6.07) is 4.44. The first-order valence-electron chi connectivity index (χ1n) is 4.86. The van der Waals surface area contributed by atoms with E-state index in [4.69, 9.17) is 10.5 Å². The summed E-state index contributed by atoms with van der Waals surface area (Å²) in [5.74, 6) is -0.0918. The van der Waals surface area contributed by atoms with E-state index in [9.17, 15) is 9.90 Å². The lowest BCUT2D eigenvalue weighted by molar-refractivity contribution is 0.0635. The molecule has 0 saturated carbocycles. The van der Waals surface area contributed by atoms with Crippen molar-refractivity contribution in [3.05, 3.63) is 18.2 Å². The van der Waals surface area contributed by atoms with E-state index in [2.05, 4.69) is 5.32 Å². The van der Waals surface area contributed by atoms with Gasteiger partial charge in [-0.2, -0.15) is 0 Å². The summed E-state index contributed by atoms with van der Waals surface area (Å²) in [4.78, 5) is 11.4. The third-order valence-corrected chi connectivity index (χ3v) is 1.66. The predicted molar refractivity (Wildman–Crippen MR) is 62.4 cm³/mol. The Morgan fingerprint density at radius 2 is 2.06 bits per heavy atom. The third-order valence-electron chi connectivity index (χ3n) is 1.66. The smallest absolute Gasteiger partial charge is 0.412 e. The Balaban J connectivity index is 2.70. The number of anilines is 2. The maximum Gasteiger partial charge on any atom is 0.412 e. The largest absolute Gasteiger partial charge is 0.506 e. The number of ether oxygens (including phenoxy) is 1. The molecule has 0 saturated heterocycles. The first-order chi connectivity index (χ1) is 7.28. The summed E-state index contributed by atoms with van der Waals surface area (Å²) in [6.45, 7) is 5.28. The van der Waals surface area contributed by atoms with Crippen molar-refractivity contribution in [2.75, 3.05) is 11.1 Å². The molecule has 0 atom stereocenters. The number of hydrogen-bond donors (Lipinski definition) is 3. The van der Waals surface area contributed by atoms with Gasteiger partial charge in [-0.25, -0.2) is 4.79 Å². The highest BCUT2D eigenvalue weighted by Crippen LogP contribution is 2.25. The molecule has 88 valence electrons. The summed E-state index contributed by atoms with van der Waals surface area (Å²) in [5, 5.41) is 11.9. The summed E-state index contributed by atoms with van der Waals surface area (Å²) in [5.41, 5.74) is 5.57. The van der Waals surface area contributed by atoms with Crippen LogP contribution in [0.15, 0.2) is 18.2 Å². The van der Waals surface area contributed by atoms with Gasteiger partial charge in [-0.05, 0) is 32.9 Å². The van der Waals surface area contributed by atoms with Crippen LogP contribution in [-0.4, -0.2) is 16.8 Å². The van der Waals surface area contributed by atoms with Crippen LogP contribution < -0.4 is 11.1 Å². The van der Waals surface area contributed by atoms with Crippen molar-refractivity contribution in [3.63, 3.8) is 0 Å². The SMILES string of the molecule is CC(C)(C)OC(=O)Nc1ccc(N)cc1O. The normalized spacial score (nSPS) is 10.9. The first-order valence-corrected chi connectivity index (χ1v) is 4.86. The maximum absolute atomic E-state index is 11.4. The molecule has 1 aromatic carbocycles.